The van der Waals surface area contributed by atoms with E-state index < -0.39 is 5.60 Å². The fourth-order valence-electron chi connectivity index (χ4n) is 4.77. The van der Waals surface area contributed by atoms with Crippen molar-refractivity contribution in [3.8, 4) is 0 Å². The van der Waals surface area contributed by atoms with E-state index >= 15 is 0 Å². The summed E-state index contributed by atoms with van der Waals surface area (Å²) in [6.45, 7) is 11.8. The molecule has 3 fully saturated rings. The maximum Gasteiger partial charge on any atom is 0.410 e. The molecule has 1 amide bonds. The van der Waals surface area contributed by atoms with Gasteiger partial charge in [0.05, 0.1) is 6.10 Å². The third-order valence-corrected chi connectivity index (χ3v) is 6.12. The molecule has 0 aromatic carbocycles. The van der Waals surface area contributed by atoms with Crippen LogP contribution < -0.4 is 10.6 Å². The molecule has 8 heteroatoms. The molecule has 2 unspecified atom stereocenters. The van der Waals surface area contributed by atoms with E-state index in [-0.39, 0.29) is 18.2 Å². The second-order valence-electron chi connectivity index (χ2n) is 9.88. The molecule has 3 heterocycles. The zero-order valence-corrected chi connectivity index (χ0v) is 19.8. The van der Waals surface area contributed by atoms with Gasteiger partial charge < -0.3 is 29.7 Å². The van der Waals surface area contributed by atoms with Crippen molar-refractivity contribution in [3.63, 3.8) is 0 Å². The molecule has 0 aliphatic carbocycles. The lowest BCUT2D eigenvalue weighted by atomic mass is 9.98. The molecule has 3 aliphatic rings. The highest BCUT2D eigenvalue weighted by atomic mass is 16.6. The third-order valence-electron chi connectivity index (χ3n) is 6.12. The zero-order valence-electron chi connectivity index (χ0n) is 19.8. The van der Waals surface area contributed by atoms with E-state index in [1.54, 1.807) is 0 Å². The number of guanidine groups is 1. The zero-order chi connectivity index (χ0) is 22.3. The largest absolute Gasteiger partial charge is 0.444 e. The molecule has 3 saturated heterocycles. The van der Waals surface area contributed by atoms with Crippen LogP contribution in [0.15, 0.2) is 4.99 Å². The molecule has 31 heavy (non-hydrogen) atoms. The topological polar surface area (TPSA) is 84.4 Å². The minimum Gasteiger partial charge on any atom is -0.444 e. The van der Waals surface area contributed by atoms with Crippen molar-refractivity contribution >= 4 is 12.1 Å². The first-order valence-electron chi connectivity index (χ1n) is 12.1. The molecule has 0 aromatic heterocycles. The number of carbonyl (C=O) groups is 1. The van der Waals surface area contributed by atoms with Gasteiger partial charge >= 0.3 is 6.09 Å². The lowest BCUT2D eigenvalue weighted by Crippen LogP contribution is -2.55. The molecule has 3 aliphatic heterocycles. The van der Waals surface area contributed by atoms with Crippen LogP contribution in [0.4, 0.5) is 4.79 Å². The summed E-state index contributed by atoms with van der Waals surface area (Å²) < 4.78 is 17.0. The lowest BCUT2D eigenvalue weighted by Gasteiger charge is -2.40. The Hall–Kier alpha value is -1.54. The minimum absolute atomic E-state index is 0.163. The van der Waals surface area contributed by atoms with Gasteiger partial charge in [0.25, 0.3) is 0 Å². The van der Waals surface area contributed by atoms with Crippen molar-refractivity contribution in [1.82, 2.24) is 15.5 Å². The molecule has 0 aromatic rings. The molecule has 178 valence electrons. The summed E-state index contributed by atoms with van der Waals surface area (Å²) in [6.07, 6.45) is 7.07. The Kier molecular flexibility index (Phi) is 8.84. The molecular formula is C23H42N4O4. The molecule has 8 nitrogen and oxygen atoms in total. The smallest absolute Gasteiger partial charge is 0.410 e. The van der Waals surface area contributed by atoms with Gasteiger partial charge in [-0.15, -0.1) is 0 Å². The van der Waals surface area contributed by atoms with Crippen molar-refractivity contribution in [2.24, 2.45) is 4.99 Å². The van der Waals surface area contributed by atoms with Crippen LogP contribution in [0.1, 0.15) is 72.6 Å². The number of aliphatic imine (C=N–C) groups is 1. The Morgan fingerprint density at radius 1 is 1.13 bits per heavy atom. The molecule has 0 spiro atoms. The second-order valence-corrected chi connectivity index (χ2v) is 9.88. The summed E-state index contributed by atoms with van der Waals surface area (Å²) in [5.74, 6) is 0.865. The van der Waals surface area contributed by atoms with E-state index in [0.717, 1.165) is 83.8 Å². The molecule has 0 radical (unpaired) electrons. The Morgan fingerprint density at radius 3 is 2.42 bits per heavy atom. The molecule has 3 rings (SSSR count). The first-order valence-corrected chi connectivity index (χ1v) is 12.1. The van der Waals surface area contributed by atoms with Gasteiger partial charge in [0, 0.05) is 51.0 Å². The van der Waals surface area contributed by atoms with E-state index in [4.69, 9.17) is 19.2 Å². The van der Waals surface area contributed by atoms with Crippen LogP contribution in [0.2, 0.25) is 0 Å². The maximum absolute atomic E-state index is 12.7. The third kappa shape index (κ3) is 7.52. The van der Waals surface area contributed by atoms with Crippen molar-refractivity contribution in [3.05, 3.63) is 0 Å². The van der Waals surface area contributed by atoms with E-state index in [1.165, 1.54) is 0 Å². The highest BCUT2D eigenvalue weighted by Gasteiger charge is 2.45. The number of nitrogens with one attached hydrogen (secondary N) is 2. The van der Waals surface area contributed by atoms with E-state index in [1.807, 2.05) is 25.7 Å². The molecule has 2 bridgehead atoms. The van der Waals surface area contributed by atoms with Crippen molar-refractivity contribution in [2.45, 2.75) is 102 Å². The molecule has 0 saturated carbocycles. The van der Waals surface area contributed by atoms with Gasteiger partial charge in [-0.05, 0) is 72.6 Å². The van der Waals surface area contributed by atoms with Crippen LogP contribution in [0, 0.1) is 0 Å². The second kappa shape index (κ2) is 11.4. The highest BCUT2D eigenvalue weighted by molar-refractivity contribution is 5.80. The predicted octanol–water partition coefficient (Wildman–Crippen LogP) is 3.06. The Morgan fingerprint density at radius 2 is 1.81 bits per heavy atom. The van der Waals surface area contributed by atoms with Gasteiger partial charge in [-0.2, -0.15) is 0 Å². The standard InChI is InChI=1S/C23H42N4O4/c1-5-24-21(25-11-6-12-30-20-9-13-29-14-10-20)26-17-15-18-7-8-19(16-17)27(18)22(28)31-23(2,3)4/h17-20H,5-16H2,1-4H3,(H2,24,25,26). The van der Waals surface area contributed by atoms with E-state index in [2.05, 4.69) is 17.6 Å². The van der Waals surface area contributed by atoms with Crippen molar-refractivity contribution < 1.29 is 19.0 Å². The van der Waals surface area contributed by atoms with Crippen LogP contribution in [-0.2, 0) is 14.2 Å². The monoisotopic (exact) mass is 438 g/mol. The van der Waals surface area contributed by atoms with Gasteiger partial charge in [-0.3, -0.25) is 4.99 Å². The quantitative estimate of drug-likeness (QED) is 0.361. The number of nitrogens with zero attached hydrogens (tertiary/aromatic N) is 2. The van der Waals surface area contributed by atoms with Crippen molar-refractivity contribution in [1.29, 1.82) is 0 Å². The molecule has 2 N–H and O–H groups in total. The molecular weight excluding hydrogens is 396 g/mol. The maximum atomic E-state index is 12.7. The number of piperidine rings is 1. The Bertz CT molecular complexity index is 587. The predicted molar refractivity (Wildman–Crippen MR) is 121 cm³/mol. The van der Waals surface area contributed by atoms with Gasteiger partial charge in [-0.25, -0.2) is 4.79 Å². The average molecular weight is 439 g/mol. The Labute approximate surface area is 187 Å². The minimum atomic E-state index is -0.453. The van der Waals surface area contributed by atoms with Crippen LogP contribution in [-0.4, -0.2) is 79.7 Å². The first kappa shape index (κ1) is 24.1. The SMILES string of the molecule is CCNC(=NCCCOC1CCOCC1)NC1CC2CCC(C1)N2C(=O)OC(C)(C)C. The number of ether oxygens (including phenoxy) is 3. The summed E-state index contributed by atoms with van der Waals surface area (Å²) in [4.78, 5) is 19.4. The summed E-state index contributed by atoms with van der Waals surface area (Å²) >= 11 is 0. The number of fused-ring (bicyclic) bond motifs is 2. The number of carbonyl (C=O) groups excluding carboxylic acids is 1. The summed E-state index contributed by atoms with van der Waals surface area (Å²) in [7, 11) is 0. The van der Waals surface area contributed by atoms with Crippen LogP contribution >= 0.6 is 0 Å². The number of hydrogen-bond acceptors (Lipinski definition) is 5. The van der Waals surface area contributed by atoms with Gasteiger partial charge in [0.15, 0.2) is 5.96 Å². The van der Waals surface area contributed by atoms with Crippen molar-refractivity contribution in [2.75, 3.05) is 32.9 Å². The summed E-state index contributed by atoms with van der Waals surface area (Å²) in [6, 6.07) is 0.830. The summed E-state index contributed by atoms with van der Waals surface area (Å²) in [5, 5.41) is 6.97. The number of amides is 1. The average Bonchev–Trinajstić information content (AvgIpc) is 2.98. The normalized spacial score (nSPS) is 27.3. The Balaban J connectivity index is 1.44. The van der Waals surface area contributed by atoms with Gasteiger partial charge in [0.2, 0.25) is 0 Å². The van der Waals surface area contributed by atoms with E-state index in [0.29, 0.717) is 12.1 Å². The fraction of sp³-hybridized carbons (Fsp3) is 0.913. The molecule has 2 atom stereocenters. The first-order chi connectivity index (χ1) is 14.9. The lowest BCUT2D eigenvalue weighted by molar-refractivity contribution is -0.0318. The van der Waals surface area contributed by atoms with Crippen LogP contribution in [0.25, 0.3) is 0 Å². The summed E-state index contributed by atoms with van der Waals surface area (Å²) in [5.41, 5.74) is -0.453. The van der Waals surface area contributed by atoms with Crippen LogP contribution in [0.5, 0.6) is 0 Å². The fourth-order valence-corrected chi connectivity index (χ4v) is 4.77. The number of rotatable bonds is 7. The van der Waals surface area contributed by atoms with E-state index in [9.17, 15) is 4.79 Å². The van der Waals surface area contributed by atoms with Gasteiger partial charge in [0.1, 0.15) is 5.60 Å². The number of hydrogen-bond donors (Lipinski definition) is 2. The highest BCUT2D eigenvalue weighted by Crippen LogP contribution is 2.36. The van der Waals surface area contributed by atoms with Gasteiger partial charge in [-0.1, -0.05) is 0 Å². The van der Waals surface area contributed by atoms with Crippen LogP contribution in [0.3, 0.4) is 0 Å².